The smallest absolute Gasteiger partial charge is 0.253 e. The molecule has 2 amide bonds. The fourth-order valence-electron chi connectivity index (χ4n) is 3.00. The molecule has 1 aliphatic rings. The van der Waals surface area contributed by atoms with Crippen molar-refractivity contribution in [3.8, 4) is 0 Å². The minimum Gasteiger partial charge on any atom is -0.339 e. The number of hydrogen-bond donors (Lipinski definition) is 1. The highest BCUT2D eigenvalue weighted by molar-refractivity contribution is 5.97. The highest BCUT2D eigenvalue weighted by Gasteiger charge is 2.18. The Morgan fingerprint density at radius 3 is 2.42 bits per heavy atom. The van der Waals surface area contributed by atoms with Crippen LogP contribution in [-0.2, 0) is 11.2 Å². The van der Waals surface area contributed by atoms with Crippen LogP contribution in [0.15, 0.2) is 54.6 Å². The molecule has 1 fully saturated rings. The molecule has 0 unspecified atom stereocenters. The Hall–Kier alpha value is -2.62. The molecule has 1 aliphatic heterocycles. The van der Waals surface area contributed by atoms with Gasteiger partial charge in [0, 0.05) is 24.3 Å². The van der Waals surface area contributed by atoms with Gasteiger partial charge in [-0.2, -0.15) is 0 Å². The molecule has 0 spiro atoms. The molecule has 24 heavy (non-hydrogen) atoms. The van der Waals surface area contributed by atoms with Crippen LogP contribution in [0.5, 0.6) is 0 Å². The van der Waals surface area contributed by atoms with Crippen molar-refractivity contribution in [2.45, 2.75) is 25.7 Å². The lowest BCUT2D eigenvalue weighted by molar-refractivity contribution is -0.115. The minimum atomic E-state index is -0.0798. The Morgan fingerprint density at radius 1 is 0.917 bits per heavy atom. The quantitative estimate of drug-likeness (QED) is 0.936. The van der Waals surface area contributed by atoms with Crippen LogP contribution in [0.25, 0.3) is 0 Å². The van der Waals surface area contributed by atoms with Gasteiger partial charge in [0.1, 0.15) is 0 Å². The second-order valence-electron chi connectivity index (χ2n) is 6.14. The molecule has 1 heterocycles. The molecular weight excluding hydrogens is 300 g/mol. The number of likely N-dealkylation sites (tertiary alicyclic amines) is 1. The van der Waals surface area contributed by atoms with Crippen LogP contribution in [0.1, 0.15) is 35.2 Å². The molecule has 124 valence electrons. The fraction of sp³-hybridized carbons (Fsp3) is 0.300. The third-order valence-electron chi connectivity index (χ3n) is 4.24. The van der Waals surface area contributed by atoms with Crippen molar-refractivity contribution < 1.29 is 9.59 Å². The van der Waals surface area contributed by atoms with Gasteiger partial charge in [-0.05, 0) is 43.0 Å². The van der Waals surface area contributed by atoms with Crippen LogP contribution >= 0.6 is 0 Å². The van der Waals surface area contributed by atoms with Gasteiger partial charge < -0.3 is 10.2 Å². The predicted octanol–water partition coefficient (Wildman–Crippen LogP) is 3.49. The third-order valence-corrected chi connectivity index (χ3v) is 4.24. The first kappa shape index (κ1) is 16.2. The van der Waals surface area contributed by atoms with Gasteiger partial charge >= 0.3 is 0 Å². The van der Waals surface area contributed by atoms with Gasteiger partial charge in [0.05, 0.1) is 6.42 Å². The zero-order valence-electron chi connectivity index (χ0n) is 13.7. The van der Waals surface area contributed by atoms with Gasteiger partial charge in [-0.1, -0.05) is 36.4 Å². The fourth-order valence-corrected chi connectivity index (χ4v) is 3.00. The summed E-state index contributed by atoms with van der Waals surface area (Å²) in [5, 5.41) is 2.88. The summed E-state index contributed by atoms with van der Waals surface area (Å²) in [6.07, 6.45) is 3.66. The van der Waals surface area contributed by atoms with Crippen molar-refractivity contribution >= 4 is 17.5 Å². The molecule has 1 N–H and O–H groups in total. The van der Waals surface area contributed by atoms with E-state index in [1.165, 1.54) is 6.42 Å². The number of benzene rings is 2. The first-order valence-electron chi connectivity index (χ1n) is 8.45. The number of anilines is 1. The number of hydrogen-bond acceptors (Lipinski definition) is 2. The lowest BCUT2D eigenvalue weighted by atomic mass is 10.1. The minimum absolute atomic E-state index is 0.0499. The summed E-state index contributed by atoms with van der Waals surface area (Å²) in [4.78, 5) is 26.6. The summed E-state index contributed by atoms with van der Waals surface area (Å²) >= 11 is 0. The van der Waals surface area contributed by atoms with E-state index in [9.17, 15) is 9.59 Å². The average Bonchev–Trinajstić information content (AvgIpc) is 2.63. The van der Waals surface area contributed by atoms with Gasteiger partial charge in [-0.25, -0.2) is 0 Å². The number of piperidine rings is 1. The standard InChI is InChI=1S/C20H22N2O2/c23-19(14-16-8-3-1-4-9-16)21-18-11-7-10-17(15-18)20(24)22-12-5-2-6-13-22/h1,3-4,7-11,15H,2,5-6,12-14H2,(H,21,23). The van der Waals surface area contributed by atoms with Gasteiger partial charge in [-0.3, -0.25) is 9.59 Å². The number of rotatable bonds is 4. The Balaban J connectivity index is 1.64. The lowest BCUT2D eigenvalue weighted by Crippen LogP contribution is -2.35. The Labute approximate surface area is 142 Å². The molecule has 0 aliphatic carbocycles. The van der Waals surface area contributed by atoms with Gasteiger partial charge in [-0.15, -0.1) is 0 Å². The maximum absolute atomic E-state index is 12.5. The number of carbonyl (C=O) groups is 2. The van der Waals surface area contributed by atoms with Crippen LogP contribution in [0.2, 0.25) is 0 Å². The Morgan fingerprint density at radius 2 is 1.67 bits per heavy atom. The monoisotopic (exact) mass is 322 g/mol. The number of amides is 2. The first-order valence-corrected chi connectivity index (χ1v) is 8.45. The van der Waals surface area contributed by atoms with Crippen molar-refractivity contribution in [3.63, 3.8) is 0 Å². The second kappa shape index (κ2) is 7.77. The van der Waals surface area contributed by atoms with Crippen LogP contribution in [-0.4, -0.2) is 29.8 Å². The van der Waals surface area contributed by atoms with Gasteiger partial charge in [0.15, 0.2) is 0 Å². The second-order valence-corrected chi connectivity index (χ2v) is 6.14. The summed E-state index contributed by atoms with van der Waals surface area (Å²) < 4.78 is 0. The summed E-state index contributed by atoms with van der Waals surface area (Å²) in [7, 11) is 0. The number of nitrogens with zero attached hydrogens (tertiary/aromatic N) is 1. The molecule has 0 saturated carbocycles. The lowest BCUT2D eigenvalue weighted by Gasteiger charge is -2.26. The largest absolute Gasteiger partial charge is 0.339 e. The Bertz CT molecular complexity index is 707. The first-order chi connectivity index (χ1) is 11.7. The van der Waals surface area contributed by atoms with E-state index < -0.39 is 0 Å². The number of carbonyl (C=O) groups excluding carboxylic acids is 2. The van der Waals surface area contributed by atoms with E-state index in [1.807, 2.05) is 53.4 Å². The van der Waals surface area contributed by atoms with Crippen molar-refractivity contribution in [3.05, 3.63) is 65.7 Å². The van der Waals surface area contributed by atoms with Crippen molar-refractivity contribution in [2.24, 2.45) is 0 Å². The van der Waals surface area contributed by atoms with E-state index in [4.69, 9.17) is 0 Å². The van der Waals surface area contributed by atoms with E-state index in [2.05, 4.69) is 5.32 Å². The summed E-state index contributed by atoms with van der Waals surface area (Å²) in [6, 6.07) is 16.8. The molecule has 1 saturated heterocycles. The van der Waals surface area contributed by atoms with Crippen molar-refractivity contribution in [1.82, 2.24) is 4.90 Å². The van der Waals surface area contributed by atoms with Crippen LogP contribution < -0.4 is 5.32 Å². The molecule has 0 bridgehead atoms. The van der Waals surface area contributed by atoms with Gasteiger partial charge in [0.25, 0.3) is 5.91 Å². The molecular formula is C20H22N2O2. The van der Waals surface area contributed by atoms with Crippen molar-refractivity contribution in [1.29, 1.82) is 0 Å². The maximum Gasteiger partial charge on any atom is 0.253 e. The van der Waals surface area contributed by atoms with E-state index in [0.717, 1.165) is 31.5 Å². The molecule has 4 nitrogen and oxygen atoms in total. The van der Waals surface area contributed by atoms with Crippen LogP contribution in [0, 0.1) is 0 Å². The highest BCUT2D eigenvalue weighted by Crippen LogP contribution is 2.16. The van der Waals surface area contributed by atoms with E-state index in [1.54, 1.807) is 6.07 Å². The molecule has 4 heteroatoms. The predicted molar refractivity (Wildman–Crippen MR) is 95.0 cm³/mol. The molecule has 0 radical (unpaired) electrons. The highest BCUT2D eigenvalue weighted by atomic mass is 16.2. The normalized spacial score (nSPS) is 14.2. The maximum atomic E-state index is 12.5. The zero-order chi connectivity index (χ0) is 16.8. The molecule has 0 aromatic heterocycles. The van der Waals surface area contributed by atoms with Crippen molar-refractivity contribution in [2.75, 3.05) is 18.4 Å². The summed E-state index contributed by atoms with van der Waals surface area (Å²) in [5.41, 5.74) is 2.27. The van der Waals surface area contributed by atoms with E-state index in [-0.39, 0.29) is 11.8 Å². The molecule has 3 rings (SSSR count). The van der Waals surface area contributed by atoms with Crippen LogP contribution in [0.3, 0.4) is 0 Å². The molecule has 0 atom stereocenters. The van der Waals surface area contributed by atoms with E-state index in [0.29, 0.717) is 17.7 Å². The zero-order valence-corrected chi connectivity index (χ0v) is 13.7. The third kappa shape index (κ3) is 4.22. The number of nitrogens with one attached hydrogen (secondary N) is 1. The summed E-state index contributed by atoms with van der Waals surface area (Å²) in [5.74, 6) is -0.0300. The topological polar surface area (TPSA) is 49.4 Å². The van der Waals surface area contributed by atoms with Crippen LogP contribution in [0.4, 0.5) is 5.69 Å². The average molecular weight is 322 g/mol. The van der Waals surface area contributed by atoms with E-state index >= 15 is 0 Å². The van der Waals surface area contributed by atoms with Gasteiger partial charge in [0.2, 0.25) is 5.91 Å². The molecule has 2 aromatic rings. The molecule has 2 aromatic carbocycles. The Kier molecular flexibility index (Phi) is 5.26. The summed E-state index contributed by atoms with van der Waals surface area (Å²) in [6.45, 7) is 1.65. The SMILES string of the molecule is O=C(Cc1ccccc1)Nc1cccc(C(=O)N2CCCCC2)c1.